The van der Waals surface area contributed by atoms with E-state index >= 15 is 0 Å². The van der Waals surface area contributed by atoms with Crippen molar-refractivity contribution in [1.29, 1.82) is 0 Å². The first kappa shape index (κ1) is 34.5. The maximum absolute atomic E-state index is 13.1. The molecule has 0 heterocycles. The van der Waals surface area contributed by atoms with Crippen LogP contribution >= 0.6 is 0 Å². The number of carboxylic acids is 1. The van der Waals surface area contributed by atoms with E-state index in [1.807, 2.05) is 107 Å². The van der Waals surface area contributed by atoms with Crippen molar-refractivity contribution in [3.05, 3.63) is 57.6 Å². The highest BCUT2D eigenvalue weighted by Gasteiger charge is 2.42. The molecule has 0 unspecified atom stereocenters. The SMILES string of the molecule is CC(C)(C)c1cc(C(C)(C(=O)O)c2cc(C(C)(C)C)c(O)c(C(C)(C)C)c2)cc(C(C)(C)C)c1O.OCCO. The molecule has 2 aromatic carbocycles. The minimum Gasteiger partial charge on any atom is -0.507 e. The second-order valence-corrected chi connectivity index (χ2v) is 14.7. The van der Waals surface area contributed by atoms with E-state index in [-0.39, 0.29) is 46.4 Å². The summed E-state index contributed by atoms with van der Waals surface area (Å²) in [6, 6.07) is 7.39. The average Bonchev–Trinajstić information content (AvgIpc) is 2.75. The Bertz CT molecular complexity index is 1010. The minimum atomic E-state index is -1.40. The topological polar surface area (TPSA) is 118 Å². The minimum absolute atomic E-state index is 0.125. The third-order valence-corrected chi connectivity index (χ3v) is 7.13. The molecular formula is C33H52O6. The first-order valence-corrected chi connectivity index (χ1v) is 13.6. The quantitative estimate of drug-likeness (QED) is 0.294. The van der Waals surface area contributed by atoms with Crippen LogP contribution in [0.2, 0.25) is 0 Å². The molecule has 0 aliphatic heterocycles. The zero-order chi connectivity index (χ0) is 30.9. The Labute approximate surface area is 235 Å². The molecule has 6 nitrogen and oxygen atoms in total. The van der Waals surface area contributed by atoms with Crippen LogP contribution in [0.1, 0.15) is 123 Å². The number of phenols is 2. The van der Waals surface area contributed by atoms with Crippen molar-refractivity contribution in [2.75, 3.05) is 13.2 Å². The van der Waals surface area contributed by atoms with Gasteiger partial charge in [-0.3, -0.25) is 4.79 Å². The van der Waals surface area contributed by atoms with Crippen molar-refractivity contribution in [3.8, 4) is 11.5 Å². The summed E-state index contributed by atoms with van der Waals surface area (Å²) in [5.74, 6) is -0.538. The molecule has 0 saturated carbocycles. The van der Waals surface area contributed by atoms with Gasteiger partial charge < -0.3 is 25.5 Å². The molecule has 0 fully saturated rings. The van der Waals surface area contributed by atoms with E-state index in [9.17, 15) is 20.1 Å². The lowest BCUT2D eigenvalue weighted by atomic mass is 9.68. The normalized spacial score (nSPS) is 13.1. The lowest BCUT2D eigenvalue weighted by Gasteiger charge is -2.35. The van der Waals surface area contributed by atoms with Crippen LogP contribution in [0.15, 0.2) is 24.3 Å². The highest BCUT2D eigenvalue weighted by Crippen LogP contribution is 2.47. The lowest BCUT2D eigenvalue weighted by molar-refractivity contribution is -0.141. The molecule has 220 valence electrons. The molecule has 0 bridgehead atoms. The molecule has 0 radical (unpaired) electrons. The van der Waals surface area contributed by atoms with E-state index in [0.29, 0.717) is 11.1 Å². The van der Waals surface area contributed by atoms with Gasteiger partial charge in [0, 0.05) is 0 Å². The van der Waals surface area contributed by atoms with Gasteiger partial charge in [-0.2, -0.15) is 0 Å². The number of hydrogen-bond acceptors (Lipinski definition) is 5. The van der Waals surface area contributed by atoms with Crippen molar-refractivity contribution in [2.45, 2.75) is 117 Å². The highest BCUT2D eigenvalue weighted by molar-refractivity contribution is 5.86. The Balaban J connectivity index is 0.00000177. The number of rotatable bonds is 4. The molecule has 0 aliphatic carbocycles. The number of carbonyl (C=O) groups is 1. The van der Waals surface area contributed by atoms with E-state index < -0.39 is 11.4 Å². The van der Waals surface area contributed by atoms with Gasteiger partial charge >= 0.3 is 5.97 Å². The van der Waals surface area contributed by atoms with Gasteiger partial charge in [-0.1, -0.05) is 107 Å². The number of phenolic OH excluding ortho intramolecular Hbond substituents is 2. The molecule has 0 spiro atoms. The summed E-state index contributed by atoms with van der Waals surface area (Å²) >= 11 is 0. The third kappa shape index (κ3) is 7.55. The fourth-order valence-electron chi connectivity index (χ4n) is 4.55. The monoisotopic (exact) mass is 544 g/mol. The fraction of sp³-hybridized carbons (Fsp3) is 0.606. The molecule has 0 aliphatic rings. The molecule has 0 aromatic heterocycles. The van der Waals surface area contributed by atoms with Gasteiger partial charge in [0.05, 0.1) is 13.2 Å². The summed E-state index contributed by atoms with van der Waals surface area (Å²) in [6.45, 7) is 25.7. The van der Waals surface area contributed by atoms with Crippen molar-refractivity contribution in [3.63, 3.8) is 0 Å². The summed E-state index contributed by atoms with van der Waals surface area (Å²) in [6.07, 6.45) is 0. The fourth-order valence-corrected chi connectivity index (χ4v) is 4.55. The van der Waals surface area contributed by atoms with E-state index in [1.54, 1.807) is 6.92 Å². The molecule has 6 heteroatoms. The Morgan fingerprint density at radius 2 is 0.744 bits per heavy atom. The second-order valence-electron chi connectivity index (χ2n) is 14.7. The Hall–Kier alpha value is -2.57. The molecule has 39 heavy (non-hydrogen) atoms. The van der Waals surface area contributed by atoms with Gasteiger partial charge in [0.2, 0.25) is 0 Å². The number of hydrogen-bond donors (Lipinski definition) is 5. The standard InChI is InChI=1S/C31H46O4.C2H6O2/c1-27(2,3)20-14-18(15-21(24(20)32)28(4,5)6)31(13,26(34)35)19-16-22(29(7,8)9)25(33)23(17-19)30(10,11)12;3-1-2-4/h14-17,32-33H,1-13H3,(H,34,35);3-4H,1-2H2. The van der Waals surface area contributed by atoms with Crippen molar-refractivity contribution >= 4 is 5.97 Å². The van der Waals surface area contributed by atoms with Gasteiger partial charge in [-0.25, -0.2) is 0 Å². The van der Waals surface area contributed by atoms with Crippen LogP contribution in [0.25, 0.3) is 0 Å². The maximum Gasteiger partial charge on any atom is 0.318 e. The molecule has 0 atom stereocenters. The van der Waals surface area contributed by atoms with Gasteiger partial charge in [0.25, 0.3) is 0 Å². The van der Waals surface area contributed by atoms with Crippen LogP contribution in [-0.2, 0) is 31.9 Å². The summed E-state index contributed by atoms with van der Waals surface area (Å²) in [5, 5.41) is 48.4. The Morgan fingerprint density at radius 3 is 0.872 bits per heavy atom. The molecule has 2 rings (SSSR count). The van der Waals surface area contributed by atoms with Crippen molar-refractivity contribution in [1.82, 2.24) is 0 Å². The van der Waals surface area contributed by atoms with Gasteiger partial charge in [-0.05, 0) is 62.0 Å². The number of aliphatic carboxylic acids is 1. The largest absolute Gasteiger partial charge is 0.507 e. The number of aliphatic hydroxyl groups is 2. The Morgan fingerprint density at radius 1 is 0.538 bits per heavy atom. The predicted molar refractivity (Wildman–Crippen MR) is 159 cm³/mol. The zero-order valence-corrected chi connectivity index (χ0v) is 26.4. The first-order chi connectivity index (χ1) is 17.3. The zero-order valence-electron chi connectivity index (χ0n) is 26.4. The summed E-state index contributed by atoms with van der Waals surface area (Å²) in [7, 11) is 0. The van der Waals surface area contributed by atoms with Crippen molar-refractivity contribution < 1.29 is 30.3 Å². The van der Waals surface area contributed by atoms with Gasteiger partial charge in [0.1, 0.15) is 16.9 Å². The molecule has 2 aromatic rings. The van der Waals surface area contributed by atoms with Crippen molar-refractivity contribution in [2.24, 2.45) is 0 Å². The molecule has 5 N–H and O–H groups in total. The molecular weight excluding hydrogens is 492 g/mol. The first-order valence-electron chi connectivity index (χ1n) is 13.6. The van der Waals surface area contributed by atoms with Crippen LogP contribution in [0.4, 0.5) is 0 Å². The molecule has 0 saturated heterocycles. The second kappa shape index (κ2) is 11.5. The average molecular weight is 545 g/mol. The van der Waals surface area contributed by atoms with Crippen LogP contribution in [0.5, 0.6) is 11.5 Å². The predicted octanol–water partition coefficient (Wildman–Crippen LogP) is 6.65. The van der Waals surface area contributed by atoms with Gasteiger partial charge in [-0.15, -0.1) is 0 Å². The summed E-state index contributed by atoms with van der Waals surface area (Å²) in [5.41, 5.74) is 1.16. The van der Waals surface area contributed by atoms with E-state index in [4.69, 9.17) is 10.2 Å². The van der Waals surface area contributed by atoms with Crippen LogP contribution < -0.4 is 0 Å². The van der Waals surface area contributed by atoms with E-state index in [0.717, 1.165) is 22.3 Å². The summed E-state index contributed by atoms with van der Waals surface area (Å²) in [4.78, 5) is 13.1. The smallest absolute Gasteiger partial charge is 0.318 e. The van der Waals surface area contributed by atoms with E-state index in [1.165, 1.54) is 0 Å². The van der Waals surface area contributed by atoms with Gasteiger partial charge in [0.15, 0.2) is 0 Å². The number of aromatic hydroxyl groups is 2. The third-order valence-electron chi connectivity index (χ3n) is 7.13. The highest BCUT2D eigenvalue weighted by atomic mass is 16.4. The van der Waals surface area contributed by atoms with Crippen LogP contribution in [-0.4, -0.2) is 44.7 Å². The summed E-state index contributed by atoms with van der Waals surface area (Å²) < 4.78 is 0. The number of aliphatic hydroxyl groups excluding tert-OH is 2. The van der Waals surface area contributed by atoms with Crippen LogP contribution in [0, 0.1) is 0 Å². The van der Waals surface area contributed by atoms with E-state index in [2.05, 4.69) is 0 Å². The molecule has 0 amide bonds. The lowest BCUT2D eigenvalue weighted by Crippen LogP contribution is -2.36. The number of benzene rings is 2. The Kier molecular flexibility index (Phi) is 10.2. The number of carboxylic acid groups (broad SMARTS) is 1. The van der Waals surface area contributed by atoms with Crippen LogP contribution in [0.3, 0.4) is 0 Å². The maximum atomic E-state index is 13.1.